The van der Waals surface area contributed by atoms with Crippen LogP contribution < -0.4 is 10.0 Å². The minimum Gasteiger partial charge on any atom is -0.618 e. The van der Waals surface area contributed by atoms with Crippen molar-refractivity contribution in [1.82, 2.24) is 0 Å². The molecule has 6 nitrogen and oxygen atoms in total. The maximum atomic E-state index is 12.9. The van der Waals surface area contributed by atoms with Gasteiger partial charge < -0.3 is 10.5 Å². The second-order valence-electron chi connectivity index (χ2n) is 4.62. The van der Waals surface area contributed by atoms with Crippen LogP contribution in [0.2, 0.25) is 0 Å². The molecule has 1 N–H and O–H groups in total. The Labute approximate surface area is 124 Å². The average molecular weight is 299 g/mol. The van der Waals surface area contributed by atoms with Crippen LogP contribution in [0.15, 0.2) is 54.7 Å². The predicted molar refractivity (Wildman–Crippen MR) is 79.2 cm³/mol. The van der Waals surface area contributed by atoms with Crippen LogP contribution in [0, 0.1) is 21.1 Å². The van der Waals surface area contributed by atoms with E-state index >= 15 is 0 Å². The minimum atomic E-state index is -0.547. The van der Waals surface area contributed by atoms with Crippen molar-refractivity contribution in [1.29, 1.82) is 0 Å². The molecule has 1 aromatic heterocycles. The van der Waals surface area contributed by atoms with E-state index in [1.165, 1.54) is 54.7 Å². The summed E-state index contributed by atoms with van der Waals surface area (Å²) in [6.45, 7) is 0. The third-order valence-electron chi connectivity index (χ3n) is 3.22. The molecular weight excluding hydrogens is 289 g/mol. The van der Waals surface area contributed by atoms with Gasteiger partial charge in [-0.1, -0.05) is 0 Å². The number of nitro benzene ring substituents is 1. The molecule has 1 heterocycles. The van der Waals surface area contributed by atoms with Crippen LogP contribution in [-0.2, 0) is 0 Å². The number of pyridine rings is 1. The number of fused-ring (bicyclic) bond motifs is 1. The molecule has 0 saturated carbocycles. The van der Waals surface area contributed by atoms with Gasteiger partial charge in [0.05, 0.1) is 4.92 Å². The summed E-state index contributed by atoms with van der Waals surface area (Å²) in [5.41, 5.74) is 0.746. The maximum absolute atomic E-state index is 12.9. The SMILES string of the molecule is O=[N+]([O-])c1c(Nc2ccc(F)cc2)ccc2c1ccc[n+]2[O-]. The zero-order valence-corrected chi connectivity index (χ0v) is 11.2. The summed E-state index contributed by atoms with van der Waals surface area (Å²) in [6.07, 6.45) is 1.28. The van der Waals surface area contributed by atoms with Gasteiger partial charge in [-0.3, -0.25) is 10.1 Å². The van der Waals surface area contributed by atoms with Gasteiger partial charge in [-0.2, -0.15) is 4.73 Å². The first-order valence-electron chi connectivity index (χ1n) is 6.38. The van der Waals surface area contributed by atoms with Crippen LogP contribution in [0.5, 0.6) is 0 Å². The Kier molecular flexibility index (Phi) is 3.30. The largest absolute Gasteiger partial charge is 0.618 e. The molecule has 0 aliphatic carbocycles. The average Bonchev–Trinajstić information content (AvgIpc) is 2.49. The number of aromatic nitrogens is 1. The van der Waals surface area contributed by atoms with Crippen LogP contribution in [0.4, 0.5) is 21.5 Å². The van der Waals surface area contributed by atoms with Crippen molar-refractivity contribution in [2.75, 3.05) is 5.32 Å². The molecule has 0 spiro atoms. The second kappa shape index (κ2) is 5.28. The molecule has 0 bridgehead atoms. The standard InChI is InChI=1S/C15H10FN3O3/c16-10-3-5-11(6-4-10)17-13-7-8-14-12(15(13)19(21)22)2-1-9-18(14)20/h1-9,17H. The van der Waals surface area contributed by atoms with Crippen molar-refractivity contribution in [2.24, 2.45) is 0 Å². The maximum Gasteiger partial charge on any atom is 0.306 e. The van der Waals surface area contributed by atoms with Gasteiger partial charge in [0.15, 0.2) is 6.20 Å². The topological polar surface area (TPSA) is 82.1 Å². The van der Waals surface area contributed by atoms with Crippen molar-refractivity contribution in [2.45, 2.75) is 0 Å². The highest BCUT2D eigenvalue weighted by Gasteiger charge is 2.22. The van der Waals surface area contributed by atoms with E-state index < -0.39 is 10.7 Å². The van der Waals surface area contributed by atoms with E-state index in [2.05, 4.69) is 5.32 Å². The number of halogens is 1. The lowest BCUT2D eigenvalue weighted by Gasteiger charge is -2.09. The highest BCUT2D eigenvalue weighted by atomic mass is 19.1. The van der Waals surface area contributed by atoms with E-state index in [4.69, 9.17) is 0 Å². The van der Waals surface area contributed by atoms with Crippen molar-refractivity contribution in [3.05, 3.63) is 75.9 Å². The van der Waals surface area contributed by atoms with Gasteiger partial charge in [0.2, 0.25) is 5.52 Å². The number of nitrogens with one attached hydrogen (secondary N) is 1. The zero-order chi connectivity index (χ0) is 15.7. The lowest BCUT2D eigenvalue weighted by molar-refractivity contribution is -0.577. The molecule has 22 heavy (non-hydrogen) atoms. The Morgan fingerprint density at radius 3 is 2.50 bits per heavy atom. The molecule has 110 valence electrons. The van der Waals surface area contributed by atoms with Crippen LogP contribution in [0.1, 0.15) is 0 Å². The molecule has 0 unspecified atom stereocenters. The number of benzene rings is 2. The van der Waals surface area contributed by atoms with E-state index in [0.717, 1.165) is 0 Å². The summed E-state index contributed by atoms with van der Waals surface area (Å²) in [7, 11) is 0. The number of hydrogen-bond acceptors (Lipinski definition) is 4. The van der Waals surface area contributed by atoms with E-state index in [0.29, 0.717) is 10.4 Å². The number of hydrogen-bond donors (Lipinski definition) is 1. The normalized spacial score (nSPS) is 10.6. The zero-order valence-electron chi connectivity index (χ0n) is 11.2. The van der Waals surface area contributed by atoms with Gasteiger partial charge in [-0.05, 0) is 36.4 Å². The quantitative estimate of drug-likeness (QED) is 0.348. The lowest BCUT2D eigenvalue weighted by atomic mass is 10.1. The number of nitro groups is 1. The van der Waals surface area contributed by atoms with E-state index in [1.54, 1.807) is 0 Å². The molecule has 2 aromatic carbocycles. The summed E-state index contributed by atoms with van der Waals surface area (Å²) in [5.74, 6) is -0.397. The molecule has 0 radical (unpaired) electrons. The fourth-order valence-electron chi connectivity index (χ4n) is 2.24. The summed E-state index contributed by atoms with van der Waals surface area (Å²) < 4.78 is 13.5. The minimum absolute atomic E-state index is 0.202. The molecule has 0 aliphatic heterocycles. The van der Waals surface area contributed by atoms with Crippen LogP contribution in [0.25, 0.3) is 10.9 Å². The van der Waals surface area contributed by atoms with Crippen molar-refractivity contribution < 1.29 is 14.0 Å². The molecule has 0 amide bonds. The van der Waals surface area contributed by atoms with Gasteiger partial charge >= 0.3 is 5.69 Å². The van der Waals surface area contributed by atoms with Crippen molar-refractivity contribution in [3.8, 4) is 0 Å². The van der Waals surface area contributed by atoms with Crippen LogP contribution >= 0.6 is 0 Å². The smallest absolute Gasteiger partial charge is 0.306 e. The number of anilines is 2. The highest BCUT2D eigenvalue weighted by Crippen LogP contribution is 2.33. The molecule has 7 heteroatoms. The Balaban J connectivity index is 2.15. The van der Waals surface area contributed by atoms with E-state index in [9.17, 15) is 19.7 Å². The van der Waals surface area contributed by atoms with Gasteiger partial charge in [-0.15, -0.1) is 0 Å². The molecule has 0 atom stereocenters. The van der Waals surface area contributed by atoms with Gasteiger partial charge in [0, 0.05) is 17.8 Å². The fourth-order valence-corrected chi connectivity index (χ4v) is 2.24. The van der Waals surface area contributed by atoms with Gasteiger partial charge in [0.25, 0.3) is 0 Å². The third kappa shape index (κ3) is 2.39. The molecule has 0 aliphatic rings. The first-order chi connectivity index (χ1) is 10.6. The van der Waals surface area contributed by atoms with E-state index in [1.807, 2.05) is 0 Å². The second-order valence-corrected chi connectivity index (χ2v) is 4.62. The van der Waals surface area contributed by atoms with E-state index in [-0.39, 0.29) is 22.3 Å². The third-order valence-corrected chi connectivity index (χ3v) is 3.22. The highest BCUT2D eigenvalue weighted by molar-refractivity contribution is 5.93. The fraction of sp³-hybridized carbons (Fsp3) is 0. The summed E-state index contributed by atoms with van der Waals surface area (Å²) >= 11 is 0. The Morgan fingerprint density at radius 2 is 1.82 bits per heavy atom. The number of rotatable bonds is 3. The molecule has 0 saturated heterocycles. The molecular formula is C15H10FN3O3. The summed E-state index contributed by atoms with van der Waals surface area (Å²) in [5, 5.41) is 26.2. The molecule has 3 rings (SSSR count). The predicted octanol–water partition coefficient (Wildman–Crippen LogP) is 3.26. The number of nitrogens with zero attached hydrogens (tertiary/aromatic N) is 2. The van der Waals surface area contributed by atoms with Crippen LogP contribution in [0.3, 0.4) is 0 Å². The van der Waals surface area contributed by atoms with Crippen LogP contribution in [-0.4, -0.2) is 4.92 Å². The van der Waals surface area contributed by atoms with Crippen molar-refractivity contribution >= 4 is 28.0 Å². The summed E-state index contributed by atoms with van der Waals surface area (Å²) in [6, 6.07) is 11.4. The lowest BCUT2D eigenvalue weighted by Crippen LogP contribution is -2.25. The molecule has 0 fully saturated rings. The van der Waals surface area contributed by atoms with Gasteiger partial charge in [-0.25, -0.2) is 4.39 Å². The van der Waals surface area contributed by atoms with Crippen molar-refractivity contribution in [3.63, 3.8) is 0 Å². The Bertz CT molecular complexity index is 866. The summed E-state index contributed by atoms with van der Waals surface area (Å²) in [4.78, 5) is 10.8. The Morgan fingerprint density at radius 1 is 1.09 bits per heavy atom. The Hall–Kier alpha value is -3.22. The van der Waals surface area contributed by atoms with Gasteiger partial charge in [0.1, 0.15) is 16.9 Å². The molecule has 3 aromatic rings. The first kappa shape index (κ1) is 13.7. The monoisotopic (exact) mass is 299 g/mol. The first-order valence-corrected chi connectivity index (χ1v) is 6.38.